The molecule has 108 valence electrons. The molecule has 0 radical (unpaired) electrons. The molecular formula is C20H17NO. The standard InChI is InChI=1S/C20H17NO/c1-14(22)16-11-7-13-19-20(16)17-10-5-6-12-18(17)21(19)15-8-3-2-4-9-15/h2-5,7-11,13H,6,12H2,1H3. The van der Waals surface area contributed by atoms with Crippen molar-refractivity contribution >= 4 is 22.8 Å². The second kappa shape index (κ2) is 4.99. The summed E-state index contributed by atoms with van der Waals surface area (Å²) < 4.78 is 2.31. The number of para-hydroxylation sites is 1. The first kappa shape index (κ1) is 13.1. The van der Waals surface area contributed by atoms with E-state index in [0.717, 1.165) is 35.0 Å². The van der Waals surface area contributed by atoms with Crippen LogP contribution in [0, 0.1) is 0 Å². The summed E-state index contributed by atoms with van der Waals surface area (Å²) in [7, 11) is 0. The Kier molecular flexibility index (Phi) is 2.97. The molecule has 0 spiro atoms. The molecule has 0 atom stereocenters. The number of nitrogens with zero attached hydrogens (tertiary/aromatic N) is 1. The predicted octanol–water partition coefficient (Wildman–Crippen LogP) is 4.79. The lowest BCUT2D eigenvalue weighted by Crippen LogP contribution is -2.02. The molecule has 2 aromatic carbocycles. The van der Waals surface area contributed by atoms with Gasteiger partial charge in [0, 0.05) is 27.9 Å². The Balaban J connectivity index is 2.16. The van der Waals surface area contributed by atoms with Crippen LogP contribution in [-0.2, 0) is 6.42 Å². The number of aromatic nitrogens is 1. The smallest absolute Gasteiger partial charge is 0.160 e. The monoisotopic (exact) mass is 287 g/mol. The highest BCUT2D eigenvalue weighted by atomic mass is 16.1. The number of Topliss-reactive ketones (excluding diaryl/α,β-unsaturated/α-hetero) is 1. The average Bonchev–Trinajstić information content (AvgIpc) is 2.90. The summed E-state index contributed by atoms with van der Waals surface area (Å²) in [5.74, 6) is 0.123. The minimum absolute atomic E-state index is 0.123. The highest BCUT2D eigenvalue weighted by Crippen LogP contribution is 2.35. The van der Waals surface area contributed by atoms with Gasteiger partial charge in [0.1, 0.15) is 0 Å². The third-order valence-corrected chi connectivity index (χ3v) is 4.36. The van der Waals surface area contributed by atoms with Crippen molar-refractivity contribution in [3.63, 3.8) is 0 Å². The summed E-state index contributed by atoms with van der Waals surface area (Å²) in [4.78, 5) is 12.1. The van der Waals surface area contributed by atoms with Gasteiger partial charge in [-0.05, 0) is 38.0 Å². The van der Waals surface area contributed by atoms with Crippen molar-refractivity contribution in [1.29, 1.82) is 0 Å². The Labute approximate surface area is 129 Å². The van der Waals surface area contributed by atoms with E-state index in [0.29, 0.717) is 0 Å². The van der Waals surface area contributed by atoms with Gasteiger partial charge in [0.05, 0.1) is 5.52 Å². The van der Waals surface area contributed by atoms with E-state index in [4.69, 9.17) is 0 Å². The van der Waals surface area contributed by atoms with Crippen LogP contribution in [0.2, 0.25) is 0 Å². The van der Waals surface area contributed by atoms with Gasteiger partial charge >= 0.3 is 0 Å². The highest BCUT2D eigenvalue weighted by molar-refractivity contribution is 6.10. The van der Waals surface area contributed by atoms with E-state index >= 15 is 0 Å². The van der Waals surface area contributed by atoms with E-state index in [1.807, 2.05) is 18.2 Å². The molecule has 0 saturated carbocycles. The van der Waals surface area contributed by atoms with Crippen LogP contribution in [0.4, 0.5) is 0 Å². The molecule has 0 saturated heterocycles. The summed E-state index contributed by atoms with van der Waals surface area (Å²) in [5, 5.41) is 1.09. The van der Waals surface area contributed by atoms with Crippen molar-refractivity contribution in [2.75, 3.05) is 0 Å². The third kappa shape index (κ3) is 1.84. The molecule has 1 aliphatic rings. The Bertz CT molecular complexity index is 900. The number of hydrogen-bond acceptors (Lipinski definition) is 1. The molecule has 1 heterocycles. The SMILES string of the molecule is CC(=O)c1cccc2c1c1c(n2-c2ccccc2)CCC=C1. The number of allylic oxidation sites excluding steroid dienone is 1. The number of fused-ring (bicyclic) bond motifs is 3. The Hall–Kier alpha value is -2.61. The predicted molar refractivity (Wildman–Crippen MR) is 90.6 cm³/mol. The van der Waals surface area contributed by atoms with Gasteiger partial charge < -0.3 is 4.57 Å². The van der Waals surface area contributed by atoms with E-state index in [-0.39, 0.29) is 5.78 Å². The maximum atomic E-state index is 12.1. The summed E-state index contributed by atoms with van der Waals surface area (Å²) in [5.41, 5.74) is 5.60. The van der Waals surface area contributed by atoms with E-state index in [9.17, 15) is 4.79 Å². The molecule has 0 aliphatic heterocycles. The third-order valence-electron chi connectivity index (χ3n) is 4.36. The molecule has 0 bridgehead atoms. The van der Waals surface area contributed by atoms with Crippen LogP contribution >= 0.6 is 0 Å². The van der Waals surface area contributed by atoms with Crippen molar-refractivity contribution in [3.8, 4) is 5.69 Å². The fraction of sp³-hybridized carbons (Fsp3) is 0.150. The van der Waals surface area contributed by atoms with Gasteiger partial charge in [0.15, 0.2) is 5.78 Å². The molecule has 3 aromatic rings. The second-order valence-electron chi connectivity index (χ2n) is 5.73. The zero-order valence-electron chi connectivity index (χ0n) is 12.5. The number of hydrogen-bond donors (Lipinski definition) is 0. The molecule has 2 heteroatoms. The quantitative estimate of drug-likeness (QED) is 0.621. The van der Waals surface area contributed by atoms with Crippen molar-refractivity contribution in [1.82, 2.24) is 4.57 Å². The van der Waals surface area contributed by atoms with E-state index in [2.05, 4.69) is 47.1 Å². The maximum absolute atomic E-state index is 12.1. The normalized spacial score (nSPS) is 13.3. The molecule has 0 unspecified atom stereocenters. The lowest BCUT2D eigenvalue weighted by atomic mass is 9.98. The van der Waals surface area contributed by atoms with Gasteiger partial charge in [-0.3, -0.25) is 4.79 Å². The summed E-state index contributed by atoms with van der Waals surface area (Å²) in [6.45, 7) is 1.65. The van der Waals surface area contributed by atoms with Crippen molar-refractivity contribution in [3.05, 3.63) is 71.4 Å². The van der Waals surface area contributed by atoms with Crippen LogP contribution in [0.25, 0.3) is 22.7 Å². The van der Waals surface area contributed by atoms with Gasteiger partial charge in [0.2, 0.25) is 0 Å². The molecule has 0 N–H and O–H groups in total. The van der Waals surface area contributed by atoms with Gasteiger partial charge in [-0.1, -0.05) is 42.5 Å². The van der Waals surface area contributed by atoms with E-state index in [1.54, 1.807) is 6.92 Å². The maximum Gasteiger partial charge on any atom is 0.160 e. The fourth-order valence-electron chi connectivity index (χ4n) is 3.43. The topological polar surface area (TPSA) is 22.0 Å². The van der Waals surface area contributed by atoms with Crippen LogP contribution in [0.3, 0.4) is 0 Å². The lowest BCUT2D eigenvalue weighted by Gasteiger charge is -2.13. The molecular weight excluding hydrogens is 270 g/mol. The molecule has 1 aromatic heterocycles. The summed E-state index contributed by atoms with van der Waals surface area (Å²) in [6.07, 6.45) is 6.43. The van der Waals surface area contributed by atoms with Crippen molar-refractivity contribution in [2.24, 2.45) is 0 Å². The van der Waals surface area contributed by atoms with Crippen LogP contribution < -0.4 is 0 Å². The molecule has 0 amide bonds. The first-order valence-electron chi connectivity index (χ1n) is 7.66. The zero-order chi connectivity index (χ0) is 15.1. The van der Waals surface area contributed by atoms with Crippen LogP contribution in [0.5, 0.6) is 0 Å². The van der Waals surface area contributed by atoms with Crippen molar-refractivity contribution < 1.29 is 4.79 Å². The molecule has 1 aliphatic carbocycles. The lowest BCUT2D eigenvalue weighted by molar-refractivity contribution is 0.101. The molecule has 2 nitrogen and oxygen atoms in total. The van der Waals surface area contributed by atoms with Gasteiger partial charge in [-0.2, -0.15) is 0 Å². The van der Waals surface area contributed by atoms with Crippen LogP contribution in [-0.4, -0.2) is 10.4 Å². The molecule has 22 heavy (non-hydrogen) atoms. The summed E-state index contributed by atoms with van der Waals surface area (Å²) in [6, 6.07) is 16.4. The summed E-state index contributed by atoms with van der Waals surface area (Å²) >= 11 is 0. The first-order valence-corrected chi connectivity index (χ1v) is 7.66. The zero-order valence-corrected chi connectivity index (χ0v) is 12.5. The number of benzene rings is 2. The second-order valence-corrected chi connectivity index (χ2v) is 5.73. The largest absolute Gasteiger partial charge is 0.313 e. The molecule has 0 fully saturated rings. The number of ketones is 1. The molecule has 4 rings (SSSR count). The van der Waals surface area contributed by atoms with Gasteiger partial charge in [-0.25, -0.2) is 0 Å². The van der Waals surface area contributed by atoms with Gasteiger partial charge in [0.25, 0.3) is 0 Å². The van der Waals surface area contributed by atoms with E-state index < -0.39 is 0 Å². The van der Waals surface area contributed by atoms with Crippen LogP contribution in [0.15, 0.2) is 54.6 Å². The Morgan fingerprint density at radius 2 is 1.86 bits per heavy atom. The van der Waals surface area contributed by atoms with Gasteiger partial charge in [-0.15, -0.1) is 0 Å². The minimum atomic E-state index is 0.123. The minimum Gasteiger partial charge on any atom is -0.313 e. The fourth-order valence-corrected chi connectivity index (χ4v) is 3.43. The Morgan fingerprint density at radius 1 is 1.05 bits per heavy atom. The van der Waals surface area contributed by atoms with E-state index in [1.165, 1.54) is 11.3 Å². The Morgan fingerprint density at radius 3 is 2.64 bits per heavy atom. The average molecular weight is 287 g/mol. The van der Waals surface area contributed by atoms with Crippen LogP contribution in [0.1, 0.15) is 35.0 Å². The number of carbonyl (C=O) groups excluding carboxylic acids is 1. The first-order chi connectivity index (χ1) is 10.8. The van der Waals surface area contributed by atoms with Crippen molar-refractivity contribution in [2.45, 2.75) is 19.8 Å². The highest BCUT2D eigenvalue weighted by Gasteiger charge is 2.21. The number of carbonyl (C=O) groups is 1. The number of rotatable bonds is 2.